The van der Waals surface area contributed by atoms with Gasteiger partial charge in [-0.1, -0.05) is 18.2 Å². The first-order chi connectivity index (χ1) is 9.40. The second-order valence-electron chi connectivity index (χ2n) is 4.81. The predicted molar refractivity (Wildman–Crippen MR) is 83.5 cm³/mol. The first-order valence-electron chi connectivity index (χ1n) is 6.08. The predicted octanol–water partition coefficient (Wildman–Crippen LogP) is 4.85. The molecule has 1 saturated carbocycles. The third-order valence-corrected chi connectivity index (χ3v) is 5.13. The summed E-state index contributed by atoms with van der Waals surface area (Å²) in [5, 5.41) is 8.61. The number of carboxylic acids is 1. The first-order valence-corrected chi connectivity index (χ1v) is 7.67. The second-order valence-corrected chi connectivity index (χ2v) is 6.52. The van der Waals surface area contributed by atoms with E-state index in [0.717, 1.165) is 20.6 Å². The molecule has 2 rings (SSSR count). The van der Waals surface area contributed by atoms with Gasteiger partial charge in [-0.15, -0.1) is 0 Å². The minimum absolute atomic E-state index is 0.145. The van der Waals surface area contributed by atoms with E-state index in [2.05, 4.69) is 31.9 Å². The maximum absolute atomic E-state index is 13.9. The average Bonchev–Trinajstić information content (AvgIpc) is 3.00. The summed E-state index contributed by atoms with van der Waals surface area (Å²) in [6.45, 7) is 1.69. The second kappa shape index (κ2) is 6.22. The van der Waals surface area contributed by atoms with Crippen molar-refractivity contribution < 1.29 is 14.3 Å². The number of rotatable bonds is 4. The first kappa shape index (κ1) is 15.4. The zero-order chi connectivity index (χ0) is 14.9. The fourth-order valence-electron chi connectivity index (χ4n) is 2.15. The molecule has 0 amide bonds. The van der Waals surface area contributed by atoms with Gasteiger partial charge in [0.2, 0.25) is 0 Å². The largest absolute Gasteiger partial charge is 0.478 e. The minimum Gasteiger partial charge on any atom is -0.478 e. The molecule has 0 radical (unpaired) electrons. The number of carbonyl (C=O) groups is 1. The number of carboxylic acid groups (broad SMARTS) is 1. The van der Waals surface area contributed by atoms with Gasteiger partial charge in [0.25, 0.3) is 0 Å². The summed E-state index contributed by atoms with van der Waals surface area (Å²) in [7, 11) is 0. The molecule has 1 aliphatic rings. The molecule has 3 unspecified atom stereocenters. The standard InChI is InChI=1S/C15H13Br2FO2/c1-8(6-13(19)20)2-4-10-14(15(10)18)9-3-5-11(16)12(17)7-9/h2-7,10,14-15H,1H3,(H,19,20). The molecule has 0 heterocycles. The number of hydrogen-bond donors (Lipinski definition) is 1. The van der Waals surface area contributed by atoms with Gasteiger partial charge in [0, 0.05) is 26.9 Å². The fourth-order valence-corrected chi connectivity index (χ4v) is 2.80. The molecule has 1 aromatic rings. The Balaban J connectivity index is 2.08. The van der Waals surface area contributed by atoms with Crippen LogP contribution in [0.15, 0.2) is 50.9 Å². The van der Waals surface area contributed by atoms with Crippen LogP contribution >= 0.6 is 31.9 Å². The van der Waals surface area contributed by atoms with Gasteiger partial charge >= 0.3 is 5.97 Å². The molecule has 20 heavy (non-hydrogen) atoms. The zero-order valence-corrected chi connectivity index (χ0v) is 13.9. The Morgan fingerprint density at radius 1 is 1.35 bits per heavy atom. The van der Waals surface area contributed by atoms with Crippen molar-refractivity contribution in [3.63, 3.8) is 0 Å². The Morgan fingerprint density at radius 2 is 2.05 bits per heavy atom. The lowest BCUT2D eigenvalue weighted by Crippen LogP contribution is -1.88. The molecule has 0 spiro atoms. The van der Waals surface area contributed by atoms with Crippen LogP contribution in [-0.2, 0) is 4.79 Å². The molecule has 0 saturated heterocycles. The Kier molecular flexibility index (Phi) is 4.81. The van der Waals surface area contributed by atoms with Crippen molar-refractivity contribution in [2.45, 2.75) is 19.0 Å². The molecule has 0 bridgehead atoms. The van der Waals surface area contributed by atoms with Crippen molar-refractivity contribution in [2.24, 2.45) is 5.92 Å². The van der Waals surface area contributed by atoms with Crippen LogP contribution < -0.4 is 0 Å². The number of halogens is 3. The highest BCUT2D eigenvalue weighted by atomic mass is 79.9. The van der Waals surface area contributed by atoms with E-state index < -0.39 is 12.1 Å². The van der Waals surface area contributed by atoms with Gasteiger partial charge in [0.1, 0.15) is 6.17 Å². The maximum atomic E-state index is 13.9. The van der Waals surface area contributed by atoms with E-state index in [1.54, 1.807) is 19.1 Å². The van der Waals surface area contributed by atoms with Crippen LogP contribution in [0.1, 0.15) is 18.4 Å². The van der Waals surface area contributed by atoms with Gasteiger partial charge in [0.05, 0.1) is 0 Å². The molecule has 1 aliphatic carbocycles. The number of hydrogen-bond acceptors (Lipinski definition) is 1. The van der Waals surface area contributed by atoms with Crippen LogP contribution in [0, 0.1) is 5.92 Å². The van der Waals surface area contributed by atoms with Crippen LogP contribution in [-0.4, -0.2) is 17.2 Å². The van der Waals surface area contributed by atoms with Crippen LogP contribution in [0.25, 0.3) is 0 Å². The van der Waals surface area contributed by atoms with Gasteiger partial charge in [-0.3, -0.25) is 0 Å². The normalized spacial score (nSPS) is 26.0. The number of allylic oxidation sites excluding steroid dienone is 3. The van der Waals surface area contributed by atoms with E-state index in [0.29, 0.717) is 5.57 Å². The van der Waals surface area contributed by atoms with Crippen molar-refractivity contribution in [3.05, 3.63) is 56.5 Å². The third-order valence-electron chi connectivity index (χ3n) is 3.25. The van der Waals surface area contributed by atoms with Crippen LogP contribution in [0.3, 0.4) is 0 Å². The Labute approximate surface area is 133 Å². The lowest BCUT2D eigenvalue weighted by molar-refractivity contribution is -0.131. The van der Waals surface area contributed by atoms with E-state index >= 15 is 0 Å². The SMILES string of the molecule is CC(C=CC1C(F)C1c1ccc(Br)c(Br)c1)=CC(=O)O. The fraction of sp³-hybridized carbons (Fsp3) is 0.267. The summed E-state index contributed by atoms with van der Waals surface area (Å²) in [5.41, 5.74) is 1.55. The van der Waals surface area contributed by atoms with Crippen LogP contribution in [0.4, 0.5) is 4.39 Å². The summed E-state index contributed by atoms with van der Waals surface area (Å²) < 4.78 is 15.7. The topological polar surface area (TPSA) is 37.3 Å². The van der Waals surface area contributed by atoms with E-state index in [1.165, 1.54) is 0 Å². The van der Waals surface area contributed by atoms with Gasteiger partial charge in [-0.25, -0.2) is 9.18 Å². The van der Waals surface area contributed by atoms with Crippen molar-refractivity contribution >= 4 is 37.8 Å². The molecule has 1 N–H and O–H groups in total. The van der Waals surface area contributed by atoms with Crippen LogP contribution in [0.2, 0.25) is 0 Å². The van der Waals surface area contributed by atoms with Crippen molar-refractivity contribution in [1.29, 1.82) is 0 Å². The molecule has 3 atom stereocenters. The van der Waals surface area contributed by atoms with E-state index in [1.807, 2.05) is 18.2 Å². The highest BCUT2D eigenvalue weighted by Gasteiger charge is 2.50. The molecule has 0 aliphatic heterocycles. The highest BCUT2D eigenvalue weighted by Crippen LogP contribution is 2.52. The van der Waals surface area contributed by atoms with E-state index in [-0.39, 0.29) is 11.8 Å². The molecular weight excluding hydrogens is 391 g/mol. The Morgan fingerprint density at radius 3 is 2.65 bits per heavy atom. The Hall–Kier alpha value is -0.940. The van der Waals surface area contributed by atoms with Crippen LogP contribution in [0.5, 0.6) is 0 Å². The van der Waals surface area contributed by atoms with E-state index in [4.69, 9.17) is 5.11 Å². The van der Waals surface area contributed by atoms with Crippen molar-refractivity contribution in [3.8, 4) is 0 Å². The number of aliphatic carboxylic acids is 1. The van der Waals surface area contributed by atoms with Gasteiger partial charge in [0.15, 0.2) is 0 Å². The Bertz CT molecular complexity index is 596. The summed E-state index contributed by atoms with van der Waals surface area (Å²) in [6.07, 6.45) is 3.62. The smallest absolute Gasteiger partial charge is 0.328 e. The molecular formula is C15H13Br2FO2. The zero-order valence-electron chi connectivity index (χ0n) is 10.7. The number of alkyl halides is 1. The molecule has 0 aromatic heterocycles. The van der Waals surface area contributed by atoms with Gasteiger partial charge in [-0.05, 0) is 62.1 Å². The van der Waals surface area contributed by atoms with Crippen molar-refractivity contribution in [2.75, 3.05) is 0 Å². The average molecular weight is 404 g/mol. The lowest BCUT2D eigenvalue weighted by Gasteiger charge is -2.01. The highest BCUT2D eigenvalue weighted by molar-refractivity contribution is 9.13. The summed E-state index contributed by atoms with van der Waals surface area (Å²) in [4.78, 5) is 10.5. The molecule has 106 valence electrons. The summed E-state index contributed by atoms with van der Waals surface area (Å²) in [5.74, 6) is -1.32. The molecule has 1 fully saturated rings. The number of benzene rings is 1. The van der Waals surface area contributed by atoms with Crippen molar-refractivity contribution in [1.82, 2.24) is 0 Å². The summed E-state index contributed by atoms with van der Waals surface area (Å²) in [6, 6.07) is 5.70. The maximum Gasteiger partial charge on any atom is 0.328 e. The molecule has 5 heteroatoms. The minimum atomic E-state index is -0.992. The lowest BCUT2D eigenvalue weighted by atomic mass is 10.1. The summed E-state index contributed by atoms with van der Waals surface area (Å²) >= 11 is 6.79. The monoisotopic (exact) mass is 402 g/mol. The van der Waals surface area contributed by atoms with E-state index in [9.17, 15) is 9.18 Å². The van der Waals surface area contributed by atoms with Gasteiger partial charge in [-0.2, -0.15) is 0 Å². The quantitative estimate of drug-likeness (QED) is 0.576. The van der Waals surface area contributed by atoms with Gasteiger partial charge < -0.3 is 5.11 Å². The molecule has 1 aromatic carbocycles. The molecule has 2 nitrogen and oxygen atoms in total. The third kappa shape index (κ3) is 3.58.